The standard InChI is InChI=1S/C17H31N5O7S/c1-7(2)13(22-15(26)12(19)8(3)23)16(27)21-10(6-30)14(25)20-9(17(28)29)4-5-11(18)24/h7-10,12-13,23,30H,4-6,19H2,1-3H3,(H2,18,24)(H,20,25)(H,21,27)(H,22,26)(H,28,29). The van der Waals surface area contributed by atoms with Gasteiger partial charge in [-0.3, -0.25) is 19.2 Å². The predicted molar refractivity (Wildman–Crippen MR) is 110 cm³/mol. The minimum atomic E-state index is -1.38. The molecule has 0 aliphatic rings. The molecular weight excluding hydrogens is 418 g/mol. The van der Waals surface area contributed by atoms with Crippen LogP contribution in [0.1, 0.15) is 33.6 Å². The first kappa shape index (κ1) is 27.6. The van der Waals surface area contributed by atoms with Crippen molar-refractivity contribution in [2.75, 3.05) is 5.75 Å². The van der Waals surface area contributed by atoms with E-state index in [-0.39, 0.29) is 24.5 Å². The van der Waals surface area contributed by atoms with Crippen molar-refractivity contribution in [3.63, 3.8) is 0 Å². The first-order chi connectivity index (χ1) is 13.8. The highest BCUT2D eigenvalue weighted by Crippen LogP contribution is 2.05. The van der Waals surface area contributed by atoms with Gasteiger partial charge < -0.3 is 37.6 Å². The Bertz CT molecular complexity index is 644. The molecule has 30 heavy (non-hydrogen) atoms. The van der Waals surface area contributed by atoms with Crippen LogP contribution in [0.25, 0.3) is 0 Å². The van der Waals surface area contributed by atoms with Crippen molar-refractivity contribution in [2.24, 2.45) is 17.4 Å². The van der Waals surface area contributed by atoms with Gasteiger partial charge in [-0.1, -0.05) is 13.8 Å². The lowest BCUT2D eigenvalue weighted by Crippen LogP contribution is -2.59. The third-order valence-corrected chi connectivity index (χ3v) is 4.54. The summed E-state index contributed by atoms with van der Waals surface area (Å²) in [6, 6.07) is -4.90. The van der Waals surface area contributed by atoms with Crippen molar-refractivity contribution in [1.82, 2.24) is 16.0 Å². The van der Waals surface area contributed by atoms with Crippen molar-refractivity contribution >= 4 is 42.2 Å². The normalized spacial score (nSPS) is 16.0. The molecule has 9 N–H and O–H groups in total. The number of carboxylic acid groups (broad SMARTS) is 1. The lowest BCUT2D eigenvalue weighted by Gasteiger charge is -2.26. The number of carbonyl (C=O) groups excluding carboxylic acids is 4. The number of nitrogens with two attached hydrogens (primary N) is 2. The van der Waals surface area contributed by atoms with Gasteiger partial charge in [-0.15, -0.1) is 0 Å². The number of aliphatic carboxylic acids is 1. The van der Waals surface area contributed by atoms with Crippen LogP contribution in [-0.2, 0) is 24.0 Å². The highest BCUT2D eigenvalue weighted by molar-refractivity contribution is 7.80. The fraction of sp³-hybridized carbons (Fsp3) is 0.706. The Kier molecular flexibility index (Phi) is 12.0. The Morgan fingerprint density at radius 2 is 1.47 bits per heavy atom. The Morgan fingerprint density at radius 1 is 0.933 bits per heavy atom. The molecule has 0 radical (unpaired) electrons. The molecule has 0 bridgehead atoms. The van der Waals surface area contributed by atoms with Crippen molar-refractivity contribution in [3.05, 3.63) is 0 Å². The summed E-state index contributed by atoms with van der Waals surface area (Å²) in [5, 5.41) is 25.6. The van der Waals surface area contributed by atoms with Gasteiger partial charge in [0, 0.05) is 12.2 Å². The molecular formula is C17H31N5O7S. The van der Waals surface area contributed by atoms with Crippen LogP contribution in [0.4, 0.5) is 0 Å². The second kappa shape index (κ2) is 13.0. The third-order valence-electron chi connectivity index (χ3n) is 4.18. The molecule has 0 aliphatic heterocycles. The summed E-state index contributed by atoms with van der Waals surface area (Å²) in [4.78, 5) is 59.2. The van der Waals surface area contributed by atoms with E-state index >= 15 is 0 Å². The molecule has 0 aromatic carbocycles. The highest BCUT2D eigenvalue weighted by atomic mass is 32.1. The maximum absolute atomic E-state index is 12.6. The summed E-state index contributed by atoms with van der Waals surface area (Å²) >= 11 is 4.00. The monoisotopic (exact) mass is 449 g/mol. The number of primary amides is 1. The number of aliphatic hydroxyl groups is 1. The molecule has 172 valence electrons. The van der Waals surface area contributed by atoms with Crippen molar-refractivity contribution in [1.29, 1.82) is 0 Å². The van der Waals surface area contributed by atoms with Crippen molar-refractivity contribution < 1.29 is 34.2 Å². The number of nitrogens with one attached hydrogen (secondary N) is 3. The number of rotatable bonds is 13. The fourth-order valence-electron chi connectivity index (χ4n) is 2.28. The minimum Gasteiger partial charge on any atom is -0.480 e. The van der Waals surface area contributed by atoms with Crippen LogP contribution < -0.4 is 27.4 Å². The highest BCUT2D eigenvalue weighted by Gasteiger charge is 2.31. The molecule has 0 aromatic rings. The quantitative estimate of drug-likeness (QED) is 0.136. The van der Waals surface area contributed by atoms with Crippen LogP contribution in [0.3, 0.4) is 0 Å². The van der Waals surface area contributed by atoms with E-state index in [0.29, 0.717) is 0 Å². The number of amides is 4. The largest absolute Gasteiger partial charge is 0.480 e. The minimum absolute atomic E-state index is 0.161. The van der Waals surface area contributed by atoms with Gasteiger partial charge in [0.2, 0.25) is 23.6 Å². The molecule has 0 aromatic heterocycles. The SMILES string of the molecule is CC(C)C(NC(=O)C(N)C(C)O)C(=O)NC(CS)C(=O)NC(CCC(N)=O)C(=O)O. The summed E-state index contributed by atoms with van der Waals surface area (Å²) in [5.74, 6) is -4.93. The number of carboxylic acids is 1. The van der Waals surface area contributed by atoms with E-state index in [9.17, 15) is 34.2 Å². The van der Waals surface area contributed by atoms with Crippen LogP contribution in [0.5, 0.6) is 0 Å². The fourth-order valence-corrected chi connectivity index (χ4v) is 2.53. The number of aliphatic hydroxyl groups excluding tert-OH is 1. The Morgan fingerprint density at radius 3 is 1.87 bits per heavy atom. The molecule has 5 atom stereocenters. The van der Waals surface area contributed by atoms with E-state index in [4.69, 9.17) is 11.5 Å². The summed E-state index contributed by atoms with van der Waals surface area (Å²) in [6.45, 7) is 4.63. The van der Waals surface area contributed by atoms with E-state index in [0.717, 1.165) is 0 Å². The first-order valence-corrected chi connectivity index (χ1v) is 9.91. The molecule has 12 nitrogen and oxygen atoms in total. The topological polar surface area (TPSA) is 214 Å². The second-order valence-electron chi connectivity index (χ2n) is 7.14. The summed E-state index contributed by atoms with van der Waals surface area (Å²) < 4.78 is 0. The molecule has 5 unspecified atom stereocenters. The first-order valence-electron chi connectivity index (χ1n) is 9.28. The Labute approximate surface area is 179 Å². The van der Waals surface area contributed by atoms with Gasteiger partial charge in [-0.2, -0.15) is 12.6 Å². The molecule has 4 amide bonds. The van der Waals surface area contributed by atoms with Gasteiger partial charge in [0.15, 0.2) is 0 Å². The van der Waals surface area contributed by atoms with E-state index < -0.39 is 59.9 Å². The van der Waals surface area contributed by atoms with Gasteiger partial charge >= 0.3 is 5.97 Å². The molecule has 0 saturated carbocycles. The van der Waals surface area contributed by atoms with Gasteiger partial charge in [-0.05, 0) is 19.3 Å². The second-order valence-corrected chi connectivity index (χ2v) is 7.51. The molecule has 0 saturated heterocycles. The smallest absolute Gasteiger partial charge is 0.326 e. The van der Waals surface area contributed by atoms with Crippen LogP contribution in [0.15, 0.2) is 0 Å². The zero-order valence-corrected chi connectivity index (χ0v) is 18.0. The number of hydrogen-bond donors (Lipinski definition) is 8. The predicted octanol–water partition coefficient (Wildman–Crippen LogP) is -2.92. The summed E-state index contributed by atoms with van der Waals surface area (Å²) in [5.41, 5.74) is 10.6. The molecule has 0 fully saturated rings. The van der Waals surface area contributed by atoms with Crippen LogP contribution in [-0.4, -0.2) is 75.8 Å². The van der Waals surface area contributed by atoms with E-state index in [1.54, 1.807) is 13.8 Å². The van der Waals surface area contributed by atoms with Gasteiger partial charge in [0.25, 0.3) is 0 Å². The van der Waals surface area contributed by atoms with Gasteiger partial charge in [0.1, 0.15) is 24.2 Å². The van der Waals surface area contributed by atoms with E-state index in [2.05, 4.69) is 28.6 Å². The van der Waals surface area contributed by atoms with Crippen LogP contribution in [0, 0.1) is 5.92 Å². The average molecular weight is 450 g/mol. The third kappa shape index (κ3) is 9.41. The molecule has 0 heterocycles. The number of carbonyl (C=O) groups is 5. The molecule has 13 heteroatoms. The maximum Gasteiger partial charge on any atom is 0.326 e. The van der Waals surface area contributed by atoms with Gasteiger partial charge in [-0.25, -0.2) is 4.79 Å². The molecule has 0 aliphatic carbocycles. The molecule has 0 spiro atoms. The van der Waals surface area contributed by atoms with Crippen LogP contribution >= 0.6 is 12.6 Å². The lowest BCUT2D eigenvalue weighted by molar-refractivity contribution is -0.142. The molecule has 0 rings (SSSR count). The van der Waals surface area contributed by atoms with E-state index in [1.165, 1.54) is 6.92 Å². The van der Waals surface area contributed by atoms with Crippen molar-refractivity contribution in [2.45, 2.75) is 63.9 Å². The lowest BCUT2D eigenvalue weighted by atomic mass is 10.0. The number of hydrogen-bond acceptors (Lipinski definition) is 8. The average Bonchev–Trinajstić information content (AvgIpc) is 2.65. The number of thiol groups is 1. The van der Waals surface area contributed by atoms with E-state index in [1.807, 2.05) is 0 Å². The van der Waals surface area contributed by atoms with Gasteiger partial charge in [0.05, 0.1) is 6.10 Å². The Hall–Kier alpha value is -2.38. The maximum atomic E-state index is 12.6. The zero-order valence-electron chi connectivity index (χ0n) is 17.1. The summed E-state index contributed by atoms with van der Waals surface area (Å²) in [6.07, 6.45) is -1.60. The summed E-state index contributed by atoms with van der Waals surface area (Å²) in [7, 11) is 0. The Balaban J connectivity index is 5.17. The zero-order chi connectivity index (χ0) is 23.6. The van der Waals surface area contributed by atoms with Crippen LogP contribution in [0.2, 0.25) is 0 Å². The van der Waals surface area contributed by atoms with Crippen molar-refractivity contribution in [3.8, 4) is 0 Å².